The van der Waals surface area contributed by atoms with Crippen LogP contribution in [0.15, 0.2) is 23.1 Å². The Morgan fingerprint density at radius 3 is 2.80 bits per heavy atom. The van der Waals surface area contributed by atoms with Crippen LogP contribution in [0.25, 0.3) is 0 Å². The lowest BCUT2D eigenvalue weighted by molar-refractivity contribution is -0.384. The lowest BCUT2D eigenvalue weighted by atomic mass is 10.2. The Kier molecular flexibility index (Phi) is 4.90. The number of hydrogen-bond acceptors (Lipinski definition) is 5. The molecule has 1 saturated heterocycles. The molecule has 0 spiro atoms. The largest absolute Gasteiger partial charge is 0.289 e. The standard InChI is InChI=1S/C11H13ClN2O4S2/c12-10-4-3-9(6-11(10)14(15)16)20(17,18)13-8-2-1-5-19-7-8/h3-4,6,8,13H,1-2,5,7H2. The molecule has 1 aromatic carbocycles. The number of nitro groups is 1. The summed E-state index contributed by atoms with van der Waals surface area (Å²) in [5, 5.41) is 10.7. The van der Waals surface area contributed by atoms with Gasteiger partial charge in [-0.05, 0) is 30.7 Å². The molecule has 0 aliphatic carbocycles. The van der Waals surface area contributed by atoms with E-state index in [1.807, 2.05) is 0 Å². The lowest BCUT2D eigenvalue weighted by Gasteiger charge is -2.22. The van der Waals surface area contributed by atoms with Crippen LogP contribution in [-0.2, 0) is 10.0 Å². The van der Waals surface area contributed by atoms with Crippen LogP contribution in [0, 0.1) is 10.1 Å². The predicted molar refractivity (Wildman–Crippen MR) is 78.8 cm³/mol. The van der Waals surface area contributed by atoms with Crippen molar-refractivity contribution in [2.45, 2.75) is 23.8 Å². The number of nitro benzene ring substituents is 1. The van der Waals surface area contributed by atoms with Crippen molar-refractivity contribution in [2.24, 2.45) is 0 Å². The molecule has 2 rings (SSSR count). The van der Waals surface area contributed by atoms with Crippen LogP contribution in [0.3, 0.4) is 0 Å². The van der Waals surface area contributed by atoms with Crippen LogP contribution in [0.5, 0.6) is 0 Å². The van der Waals surface area contributed by atoms with Crippen molar-refractivity contribution < 1.29 is 13.3 Å². The van der Waals surface area contributed by atoms with Gasteiger partial charge in [-0.3, -0.25) is 10.1 Å². The molecular formula is C11H13ClN2O4S2. The van der Waals surface area contributed by atoms with Crippen molar-refractivity contribution in [2.75, 3.05) is 11.5 Å². The molecule has 1 fully saturated rings. The molecular weight excluding hydrogens is 324 g/mol. The predicted octanol–water partition coefficient (Wildman–Crippen LogP) is 2.42. The minimum atomic E-state index is -3.76. The minimum absolute atomic E-state index is 0.0813. The zero-order valence-corrected chi connectivity index (χ0v) is 12.8. The molecule has 0 bridgehead atoms. The van der Waals surface area contributed by atoms with Crippen molar-refractivity contribution in [3.8, 4) is 0 Å². The first-order valence-electron chi connectivity index (χ1n) is 5.94. The highest BCUT2D eigenvalue weighted by molar-refractivity contribution is 7.99. The SMILES string of the molecule is O=[N+]([O-])c1cc(S(=O)(=O)NC2CCCSC2)ccc1Cl. The summed E-state index contributed by atoms with van der Waals surface area (Å²) < 4.78 is 27.0. The van der Waals surface area contributed by atoms with Gasteiger partial charge in [-0.2, -0.15) is 11.8 Å². The number of nitrogens with zero attached hydrogens (tertiary/aromatic N) is 1. The molecule has 0 radical (unpaired) electrons. The van der Waals surface area contributed by atoms with E-state index in [0.29, 0.717) is 0 Å². The van der Waals surface area contributed by atoms with E-state index < -0.39 is 20.6 Å². The Morgan fingerprint density at radius 2 is 2.20 bits per heavy atom. The second kappa shape index (κ2) is 6.30. The summed E-state index contributed by atoms with van der Waals surface area (Å²) in [6, 6.07) is 3.35. The molecule has 1 aliphatic rings. The summed E-state index contributed by atoms with van der Waals surface area (Å²) in [6.07, 6.45) is 1.74. The lowest BCUT2D eigenvalue weighted by Crippen LogP contribution is -2.38. The van der Waals surface area contributed by atoms with Gasteiger partial charge in [0.2, 0.25) is 10.0 Å². The number of benzene rings is 1. The van der Waals surface area contributed by atoms with E-state index in [-0.39, 0.29) is 16.0 Å². The van der Waals surface area contributed by atoms with Crippen molar-refractivity contribution in [3.63, 3.8) is 0 Å². The van der Waals surface area contributed by atoms with Crippen molar-refractivity contribution >= 4 is 39.1 Å². The number of halogens is 1. The quantitative estimate of drug-likeness (QED) is 0.673. The third kappa shape index (κ3) is 3.63. The first-order valence-corrected chi connectivity index (χ1v) is 8.96. The summed E-state index contributed by atoms with van der Waals surface area (Å²) in [5.74, 6) is 1.75. The van der Waals surface area contributed by atoms with Gasteiger partial charge in [0.25, 0.3) is 5.69 Å². The second-order valence-electron chi connectivity index (χ2n) is 4.41. The summed E-state index contributed by atoms with van der Waals surface area (Å²) in [6.45, 7) is 0. The summed E-state index contributed by atoms with van der Waals surface area (Å²) in [5.41, 5.74) is -0.410. The fourth-order valence-corrected chi connectivity index (χ4v) is 4.57. The van der Waals surface area contributed by atoms with Crippen LogP contribution >= 0.6 is 23.4 Å². The normalized spacial score (nSPS) is 19.8. The summed E-state index contributed by atoms with van der Waals surface area (Å²) in [4.78, 5) is 9.96. The molecule has 9 heteroatoms. The summed E-state index contributed by atoms with van der Waals surface area (Å²) >= 11 is 7.37. The van der Waals surface area contributed by atoms with Crippen molar-refractivity contribution in [3.05, 3.63) is 33.3 Å². The topological polar surface area (TPSA) is 89.3 Å². The molecule has 110 valence electrons. The molecule has 1 aromatic rings. The van der Waals surface area contributed by atoms with E-state index in [4.69, 9.17) is 11.6 Å². The number of hydrogen-bond donors (Lipinski definition) is 1. The molecule has 20 heavy (non-hydrogen) atoms. The van der Waals surface area contributed by atoms with E-state index in [2.05, 4.69) is 4.72 Å². The average molecular weight is 337 g/mol. The maximum atomic E-state index is 12.2. The van der Waals surface area contributed by atoms with E-state index >= 15 is 0 Å². The van der Waals surface area contributed by atoms with E-state index in [0.717, 1.165) is 30.4 Å². The van der Waals surface area contributed by atoms with Gasteiger partial charge < -0.3 is 0 Å². The fourth-order valence-electron chi connectivity index (χ4n) is 1.92. The monoisotopic (exact) mass is 336 g/mol. The molecule has 1 unspecified atom stereocenters. The maximum absolute atomic E-state index is 12.2. The smallest absolute Gasteiger partial charge is 0.258 e. The number of thioether (sulfide) groups is 1. The van der Waals surface area contributed by atoms with Gasteiger partial charge in [0.15, 0.2) is 0 Å². The highest BCUT2D eigenvalue weighted by atomic mass is 35.5. The van der Waals surface area contributed by atoms with Gasteiger partial charge >= 0.3 is 0 Å². The minimum Gasteiger partial charge on any atom is -0.258 e. The van der Waals surface area contributed by atoms with Gasteiger partial charge in [0, 0.05) is 17.9 Å². The Bertz CT molecular complexity index is 615. The van der Waals surface area contributed by atoms with Gasteiger partial charge in [-0.25, -0.2) is 13.1 Å². The molecule has 1 heterocycles. The molecule has 6 nitrogen and oxygen atoms in total. The Morgan fingerprint density at radius 1 is 1.45 bits per heavy atom. The van der Waals surface area contributed by atoms with Gasteiger partial charge in [0.05, 0.1) is 9.82 Å². The molecule has 0 amide bonds. The molecule has 0 aromatic heterocycles. The Labute approximate surface area is 126 Å². The first kappa shape index (κ1) is 15.6. The number of rotatable bonds is 4. The number of sulfonamides is 1. The third-order valence-electron chi connectivity index (χ3n) is 2.91. The summed E-state index contributed by atoms with van der Waals surface area (Å²) in [7, 11) is -3.76. The van der Waals surface area contributed by atoms with E-state index in [1.165, 1.54) is 12.1 Å². The second-order valence-corrected chi connectivity index (χ2v) is 7.68. The molecule has 1 aliphatic heterocycles. The average Bonchev–Trinajstić information content (AvgIpc) is 2.39. The van der Waals surface area contributed by atoms with E-state index in [9.17, 15) is 18.5 Å². The maximum Gasteiger partial charge on any atom is 0.289 e. The Balaban J connectivity index is 2.24. The highest BCUT2D eigenvalue weighted by Gasteiger charge is 2.24. The Hall–Kier alpha value is -0.830. The van der Waals surface area contributed by atoms with Crippen LogP contribution < -0.4 is 4.72 Å². The van der Waals surface area contributed by atoms with Crippen LogP contribution in [-0.4, -0.2) is 30.9 Å². The van der Waals surface area contributed by atoms with Crippen molar-refractivity contribution in [1.29, 1.82) is 0 Å². The molecule has 0 saturated carbocycles. The zero-order valence-electron chi connectivity index (χ0n) is 10.4. The first-order chi connectivity index (χ1) is 9.40. The van der Waals surface area contributed by atoms with Crippen LogP contribution in [0.1, 0.15) is 12.8 Å². The van der Waals surface area contributed by atoms with Gasteiger partial charge in [0.1, 0.15) is 5.02 Å². The van der Waals surface area contributed by atoms with Crippen molar-refractivity contribution in [1.82, 2.24) is 4.72 Å². The van der Waals surface area contributed by atoms with Crippen LogP contribution in [0.2, 0.25) is 5.02 Å². The zero-order chi connectivity index (χ0) is 14.8. The number of nitrogens with one attached hydrogen (secondary N) is 1. The van der Waals surface area contributed by atoms with Gasteiger partial charge in [-0.1, -0.05) is 11.6 Å². The van der Waals surface area contributed by atoms with Crippen LogP contribution in [0.4, 0.5) is 5.69 Å². The third-order valence-corrected chi connectivity index (χ3v) is 5.96. The molecule has 1 N–H and O–H groups in total. The molecule has 1 atom stereocenters. The van der Waals surface area contributed by atoms with E-state index in [1.54, 1.807) is 11.8 Å². The fraction of sp³-hybridized carbons (Fsp3) is 0.455. The highest BCUT2D eigenvalue weighted by Crippen LogP contribution is 2.27. The van der Waals surface area contributed by atoms with Gasteiger partial charge in [-0.15, -0.1) is 0 Å².